The summed E-state index contributed by atoms with van der Waals surface area (Å²) in [5, 5.41) is 8.72. The zero-order valence-electron chi connectivity index (χ0n) is 8.63. The van der Waals surface area contributed by atoms with Crippen molar-refractivity contribution in [1.82, 2.24) is 0 Å². The van der Waals surface area contributed by atoms with Gasteiger partial charge in [0.25, 0.3) is 5.85 Å². The van der Waals surface area contributed by atoms with Gasteiger partial charge in [-0.2, -0.15) is 4.39 Å². The highest BCUT2D eigenvalue weighted by Crippen LogP contribution is 2.43. The van der Waals surface area contributed by atoms with E-state index in [1.807, 2.05) is 0 Å². The molecule has 17 heavy (non-hydrogen) atoms. The molecule has 0 aliphatic carbocycles. The number of ether oxygens (including phenoxy) is 1. The zero-order chi connectivity index (χ0) is 12.8. The summed E-state index contributed by atoms with van der Waals surface area (Å²) in [6, 6.07) is 3.31. The maximum Gasteiger partial charge on any atom is 0.341 e. The molecule has 1 aromatic rings. The first-order chi connectivity index (χ1) is 7.84. The van der Waals surface area contributed by atoms with Crippen molar-refractivity contribution in [2.75, 3.05) is 0 Å². The number of fused-ring (bicyclic) bond motifs is 1. The third kappa shape index (κ3) is 1.65. The van der Waals surface area contributed by atoms with Crippen LogP contribution in [0.5, 0.6) is 5.75 Å². The van der Waals surface area contributed by atoms with Crippen LogP contribution < -0.4 is 4.74 Å². The molecule has 1 aliphatic heterocycles. The number of alkyl halides is 1. The third-order valence-electron chi connectivity index (χ3n) is 2.38. The first-order valence-electron chi connectivity index (χ1n) is 4.65. The van der Waals surface area contributed by atoms with Gasteiger partial charge in [0.15, 0.2) is 5.83 Å². The molecule has 1 aliphatic rings. The Morgan fingerprint density at radius 3 is 2.65 bits per heavy atom. The number of carboxylic acid groups (broad SMARTS) is 1. The number of hydrogen-bond donors (Lipinski definition) is 1. The van der Waals surface area contributed by atoms with Gasteiger partial charge >= 0.3 is 5.97 Å². The maximum absolute atomic E-state index is 13.8. The van der Waals surface area contributed by atoms with Crippen molar-refractivity contribution in [3.8, 4) is 5.75 Å². The molecule has 2 rings (SSSR count). The molecular formula is C11H7F3O3. The number of carboxylic acids is 1. The topological polar surface area (TPSA) is 46.5 Å². The van der Waals surface area contributed by atoms with Crippen molar-refractivity contribution in [3.05, 3.63) is 35.2 Å². The Morgan fingerprint density at radius 1 is 1.41 bits per heavy atom. The number of hydrogen-bond acceptors (Lipinski definition) is 2. The molecule has 1 heterocycles. The van der Waals surface area contributed by atoms with Gasteiger partial charge in [-0.15, -0.1) is 0 Å². The lowest BCUT2D eigenvalue weighted by Gasteiger charge is -2.28. The minimum atomic E-state index is -2.84. The minimum Gasteiger partial charge on any atom is -0.478 e. The predicted octanol–water partition coefficient (Wildman–Crippen LogP) is 2.67. The summed E-state index contributed by atoms with van der Waals surface area (Å²) in [7, 11) is 0. The Labute approximate surface area is 94.1 Å². The van der Waals surface area contributed by atoms with Gasteiger partial charge in [-0.05, 0) is 12.1 Å². The molecule has 0 aromatic heterocycles. The fourth-order valence-corrected chi connectivity index (χ4v) is 1.67. The van der Waals surface area contributed by atoms with Crippen LogP contribution in [0, 0.1) is 5.82 Å². The fraction of sp³-hybridized carbons (Fsp3) is 0.182. The lowest BCUT2D eigenvalue weighted by atomic mass is 9.99. The Morgan fingerprint density at radius 2 is 2.06 bits per heavy atom. The number of halogens is 3. The van der Waals surface area contributed by atoms with Gasteiger partial charge in [-0.3, -0.25) is 0 Å². The summed E-state index contributed by atoms with van der Waals surface area (Å²) in [5.41, 5.74) is -1.91. The number of benzene rings is 1. The summed E-state index contributed by atoms with van der Waals surface area (Å²) in [5.74, 6) is -7.49. The first kappa shape index (κ1) is 11.5. The van der Waals surface area contributed by atoms with Crippen molar-refractivity contribution < 1.29 is 27.8 Å². The van der Waals surface area contributed by atoms with Crippen molar-refractivity contribution >= 4 is 11.8 Å². The fourth-order valence-electron chi connectivity index (χ4n) is 1.67. The van der Waals surface area contributed by atoms with Gasteiger partial charge in [0.2, 0.25) is 0 Å². The van der Waals surface area contributed by atoms with Gasteiger partial charge in [-0.1, -0.05) is 6.07 Å². The molecule has 0 saturated heterocycles. The van der Waals surface area contributed by atoms with E-state index in [2.05, 4.69) is 4.74 Å². The van der Waals surface area contributed by atoms with Gasteiger partial charge in [0.1, 0.15) is 17.1 Å². The monoisotopic (exact) mass is 244 g/mol. The second-order valence-electron chi connectivity index (χ2n) is 3.63. The second-order valence-corrected chi connectivity index (χ2v) is 3.63. The number of carbonyl (C=O) groups is 1. The maximum atomic E-state index is 13.8. The summed E-state index contributed by atoms with van der Waals surface area (Å²) in [4.78, 5) is 10.8. The van der Waals surface area contributed by atoms with E-state index in [4.69, 9.17) is 5.11 Å². The number of aliphatic carboxylic acids is 1. The largest absolute Gasteiger partial charge is 0.478 e. The third-order valence-corrected chi connectivity index (χ3v) is 2.38. The van der Waals surface area contributed by atoms with Gasteiger partial charge in [-0.25, -0.2) is 13.6 Å². The van der Waals surface area contributed by atoms with Crippen LogP contribution in [0.4, 0.5) is 13.2 Å². The summed E-state index contributed by atoms with van der Waals surface area (Å²) in [6.45, 7) is 0.754. The average Bonchev–Trinajstić information content (AvgIpc) is 2.14. The van der Waals surface area contributed by atoms with E-state index in [9.17, 15) is 18.0 Å². The van der Waals surface area contributed by atoms with Crippen LogP contribution in [-0.4, -0.2) is 16.9 Å². The van der Waals surface area contributed by atoms with Crippen LogP contribution >= 0.6 is 0 Å². The van der Waals surface area contributed by atoms with E-state index in [-0.39, 0.29) is 5.75 Å². The van der Waals surface area contributed by atoms with Gasteiger partial charge in [0.05, 0.1) is 5.56 Å². The van der Waals surface area contributed by atoms with Crippen molar-refractivity contribution in [3.63, 3.8) is 0 Å². The standard InChI is InChI=1S/C11H7F3O3/c1-11(14)8(10(15)16)9(13)7-5(12)3-2-4-6(7)17-11/h2-4H,1H3,(H,15,16). The Bertz CT molecular complexity index is 535. The van der Waals surface area contributed by atoms with E-state index >= 15 is 0 Å². The summed E-state index contributed by atoms with van der Waals surface area (Å²) in [6.07, 6.45) is 0. The van der Waals surface area contributed by atoms with Crippen LogP contribution in [0.3, 0.4) is 0 Å². The van der Waals surface area contributed by atoms with Crippen LogP contribution in [-0.2, 0) is 4.79 Å². The van der Waals surface area contributed by atoms with Crippen LogP contribution in [0.2, 0.25) is 0 Å². The van der Waals surface area contributed by atoms with E-state index in [0.29, 0.717) is 0 Å². The molecule has 3 nitrogen and oxygen atoms in total. The normalized spacial score (nSPS) is 23.1. The van der Waals surface area contributed by atoms with Crippen LogP contribution in [0.15, 0.2) is 23.8 Å². The first-order valence-corrected chi connectivity index (χ1v) is 4.65. The molecule has 0 fully saturated rings. The number of rotatable bonds is 1. The van der Waals surface area contributed by atoms with Crippen LogP contribution in [0.25, 0.3) is 5.83 Å². The molecule has 1 aromatic carbocycles. The molecule has 6 heteroatoms. The van der Waals surface area contributed by atoms with Crippen LogP contribution in [0.1, 0.15) is 12.5 Å². The molecule has 0 saturated carbocycles. The van der Waals surface area contributed by atoms with Gasteiger partial charge < -0.3 is 9.84 Å². The predicted molar refractivity (Wildman–Crippen MR) is 52.2 cm³/mol. The van der Waals surface area contributed by atoms with Crippen molar-refractivity contribution in [2.45, 2.75) is 12.8 Å². The smallest absolute Gasteiger partial charge is 0.341 e. The zero-order valence-corrected chi connectivity index (χ0v) is 8.63. The molecule has 90 valence electrons. The molecular weight excluding hydrogens is 237 g/mol. The molecule has 0 bridgehead atoms. The Kier molecular flexibility index (Phi) is 2.38. The lowest BCUT2D eigenvalue weighted by Crippen LogP contribution is -2.36. The highest BCUT2D eigenvalue weighted by atomic mass is 19.2. The minimum absolute atomic E-state index is 0.363. The molecule has 1 atom stereocenters. The quantitative estimate of drug-likeness (QED) is 0.826. The molecule has 0 spiro atoms. The van der Waals surface area contributed by atoms with E-state index in [0.717, 1.165) is 19.1 Å². The SMILES string of the molecule is CC1(F)Oc2cccc(F)c2C(F)=C1C(=O)O. The van der Waals surface area contributed by atoms with Crippen molar-refractivity contribution in [2.24, 2.45) is 0 Å². The molecule has 1 N–H and O–H groups in total. The highest BCUT2D eigenvalue weighted by Gasteiger charge is 2.44. The summed E-state index contributed by atoms with van der Waals surface area (Å²) >= 11 is 0. The highest BCUT2D eigenvalue weighted by molar-refractivity contribution is 5.98. The molecule has 0 radical (unpaired) electrons. The molecule has 1 unspecified atom stereocenters. The molecule has 0 amide bonds. The van der Waals surface area contributed by atoms with E-state index in [1.165, 1.54) is 6.07 Å². The van der Waals surface area contributed by atoms with E-state index < -0.39 is 34.6 Å². The van der Waals surface area contributed by atoms with Gasteiger partial charge in [0, 0.05) is 6.92 Å². The van der Waals surface area contributed by atoms with E-state index in [1.54, 1.807) is 0 Å². The second kappa shape index (κ2) is 3.51. The van der Waals surface area contributed by atoms with Crippen molar-refractivity contribution in [1.29, 1.82) is 0 Å². The summed E-state index contributed by atoms with van der Waals surface area (Å²) < 4.78 is 45.6. The Balaban J connectivity index is 2.76. The lowest BCUT2D eigenvalue weighted by molar-refractivity contribution is -0.137. The Hall–Kier alpha value is -1.98. The average molecular weight is 244 g/mol.